The van der Waals surface area contributed by atoms with Crippen molar-refractivity contribution in [2.45, 2.75) is 31.9 Å². The number of benzene rings is 1. The molecule has 1 aliphatic rings. The van der Waals surface area contributed by atoms with Crippen LogP contribution in [0.25, 0.3) is 5.69 Å². The van der Waals surface area contributed by atoms with Crippen molar-refractivity contribution in [3.63, 3.8) is 0 Å². The van der Waals surface area contributed by atoms with Crippen LogP contribution in [0.15, 0.2) is 47.7 Å². The number of hydrogen-bond donors (Lipinski definition) is 1. The molecule has 1 fully saturated rings. The van der Waals surface area contributed by atoms with E-state index in [0.29, 0.717) is 6.10 Å². The van der Waals surface area contributed by atoms with Crippen LogP contribution in [0.3, 0.4) is 0 Å². The average Bonchev–Trinajstić information content (AvgIpc) is 3.28. The molecule has 1 aliphatic heterocycles. The average molecular weight is 513 g/mol. The second-order valence-corrected chi connectivity index (χ2v) is 6.92. The van der Waals surface area contributed by atoms with Gasteiger partial charge in [0.2, 0.25) is 0 Å². The molecule has 3 rings (SSSR count). The Morgan fingerprint density at radius 1 is 1.21 bits per heavy atom. The largest absolute Gasteiger partial charge is 0.385 e. The van der Waals surface area contributed by atoms with E-state index in [-0.39, 0.29) is 24.0 Å². The third-order valence-electron chi connectivity index (χ3n) is 4.96. The van der Waals surface area contributed by atoms with Gasteiger partial charge in [0.05, 0.1) is 11.8 Å². The number of nitrogens with one attached hydrogen (secondary N) is 1. The highest BCUT2D eigenvalue weighted by Crippen LogP contribution is 2.14. The molecule has 1 N–H and O–H groups in total. The van der Waals surface area contributed by atoms with Crippen molar-refractivity contribution in [1.82, 2.24) is 20.0 Å². The molecular weight excluding hydrogens is 481 g/mol. The number of methoxy groups -OCH3 is 1. The van der Waals surface area contributed by atoms with E-state index in [2.05, 4.69) is 44.6 Å². The molecule has 2 heterocycles. The zero-order chi connectivity index (χ0) is 19.6. The first-order valence-corrected chi connectivity index (χ1v) is 9.95. The molecule has 8 heteroatoms. The number of nitrogens with zero attached hydrogens (tertiary/aromatic N) is 4. The summed E-state index contributed by atoms with van der Waals surface area (Å²) in [7, 11) is 3.57. The van der Waals surface area contributed by atoms with E-state index in [9.17, 15) is 0 Å². The van der Waals surface area contributed by atoms with Crippen LogP contribution in [0.1, 0.15) is 24.8 Å². The number of ether oxygens (including phenoxy) is 2. The maximum Gasteiger partial charge on any atom is 0.193 e. The second kappa shape index (κ2) is 12.8. The van der Waals surface area contributed by atoms with Gasteiger partial charge in [-0.3, -0.25) is 4.99 Å². The zero-order valence-electron chi connectivity index (χ0n) is 17.3. The summed E-state index contributed by atoms with van der Waals surface area (Å²) in [4.78, 5) is 6.77. The summed E-state index contributed by atoms with van der Waals surface area (Å²) in [5.41, 5.74) is 2.28. The van der Waals surface area contributed by atoms with Gasteiger partial charge in [-0.25, -0.2) is 4.68 Å². The number of aromatic nitrogens is 2. The number of rotatable bonds is 8. The molecule has 1 aromatic heterocycles. The minimum Gasteiger partial charge on any atom is -0.385 e. The summed E-state index contributed by atoms with van der Waals surface area (Å²) in [6.07, 6.45) is 7.10. The van der Waals surface area contributed by atoms with Gasteiger partial charge in [0.25, 0.3) is 0 Å². The summed E-state index contributed by atoms with van der Waals surface area (Å²) in [6, 6.07) is 10.3. The van der Waals surface area contributed by atoms with Crippen LogP contribution in [-0.4, -0.2) is 67.2 Å². The van der Waals surface area contributed by atoms with Crippen LogP contribution in [0.2, 0.25) is 0 Å². The first-order valence-electron chi connectivity index (χ1n) is 9.95. The zero-order valence-corrected chi connectivity index (χ0v) is 19.6. The minimum atomic E-state index is 0. The van der Waals surface area contributed by atoms with Crippen molar-refractivity contribution in [2.75, 3.05) is 40.5 Å². The van der Waals surface area contributed by atoms with Gasteiger partial charge in [0.15, 0.2) is 5.96 Å². The number of aliphatic imine (C=N–C) groups is 1. The SMILES string of the molecule is CN=C(NCc1ccc(-n2cccn2)cc1)N1CCC(OCCCOC)CC1.I. The van der Waals surface area contributed by atoms with E-state index in [1.807, 2.05) is 24.0 Å². The van der Waals surface area contributed by atoms with Crippen LogP contribution in [0.4, 0.5) is 0 Å². The van der Waals surface area contributed by atoms with Gasteiger partial charge in [-0.1, -0.05) is 12.1 Å². The molecule has 0 atom stereocenters. The third-order valence-corrected chi connectivity index (χ3v) is 4.96. The topological polar surface area (TPSA) is 63.9 Å². The van der Waals surface area contributed by atoms with Gasteiger partial charge in [-0.2, -0.15) is 5.10 Å². The van der Waals surface area contributed by atoms with E-state index in [1.54, 1.807) is 13.3 Å². The van der Waals surface area contributed by atoms with Gasteiger partial charge in [-0.05, 0) is 43.0 Å². The maximum absolute atomic E-state index is 5.94. The van der Waals surface area contributed by atoms with E-state index in [1.165, 1.54) is 5.56 Å². The van der Waals surface area contributed by atoms with E-state index in [4.69, 9.17) is 9.47 Å². The standard InChI is InChI=1S/C21H31N5O2.HI/c1-22-21(25-13-9-20(10-14-25)28-16-4-15-27-2)23-17-18-5-7-19(8-6-18)26-12-3-11-24-26;/h3,5-8,11-12,20H,4,9-10,13-17H2,1-2H3,(H,22,23);1H. The highest BCUT2D eigenvalue weighted by molar-refractivity contribution is 14.0. The van der Waals surface area contributed by atoms with E-state index >= 15 is 0 Å². The molecule has 0 saturated carbocycles. The van der Waals surface area contributed by atoms with Crippen LogP contribution in [0, 0.1) is 0 Å². The molecule has 7 nitrogen and oxygen atoms in total. The second-order valence-electron chi connectivity index (χ2n) is 6.92. The lowest BCUT2D eigenvalue weighted by Gasteiger charge is -2.34. The summed E-state index contributed by atoms with van der Waals surface area (Å²) < 4.78 is 12.9. The third kappa shape index (κ3) is 7.27. The summed E-state index contributed by atoms with van der Waals surface area (Å²) in [5, 5.41) is 7.74. The molecule has 0 radical (unpaired) electrons. The van der Waals surface area contributed by atoms with Crippen LogP contribution in [-0.2, 0) is 16.0 Å². The van der Waals surface area contributed by atoms with Gasteiger partial charge >= 0.3 is 0 Å². The molecule has 160 valence electrons. The van der Waals surface area contributed by atoms with Crippen molar-refractivity contribution in [2.24, 2.45) is 4.99 Å². The van der Waals surface area contributed by atoms with Gasteiger partial charge in [-0.15, -0.1) is 24.0 Å². The fourth-order valence-electron chi connectivity index (χ4n) is 3.39. The van der Waals surface area contributed by atoms with Crippen molar-refractivity contribution < 1.29 is 9.47 Å². The molecule has 29 heavy (non-hydrogen) atoms. The smallest absolute Gasteiger partial charge is 0.193 e. The predicted molar refractivity (Wildman–Crippen MR) is 126 cm³/mol. The van der Waals surface area contributed by atoms with Crippen molar-refractivity contribution in [1.29, 1.82) is 0 Å². The van der Waals surface area contributed by atoms with E-state index < -0.39 is 0 Å². The number of guanidine groups is 1. The first kappa shape index (κ1) is 23.6. The van der Waals surface area contributed by atoms with Crippen molar-refractivity contribution >= 4 is 29.9 Å². The normalized spacial score (nSPS) is 15.2. The van der Waals surface area contributed by atoms with Crippen LogP contribution in [0.5, 0.6) is 0 Å². The Hall–Kier alpha value is -1.65. The molecular formula is C21H32IN5O2. The molecule has 0 spiro atoms. The molecule has 1 saturated heterocycles. The number of likely N-dealkylation sites (tertiary alicyclic amines) is 1. The number of halogens is 1. The number of piperidine rings is 1. The van der Waals surface area contributed by atoms with E-state index in [0.717, 1.165) is 63.8 Å². The Morgan fingerprint density at radius 2 is 1.97 bits per heavy atom. The molecule has 1 aromatic carbocycles. The maximum atomic E-state index is 5.94. The molecule has 0 aliphatic carbocycles. The van der Waals surface area contributed by atoms with Crippen molar-refractivity contribution in [3.8, 4) is 5.69 Å². The first-order chi connectivity index (χ1) is 13.8. The Kier molecular flexibility index (Phi) is 10.4. The molecule has 2 aromatic rings. The van der Waals surface area contributed by atoms with Gasteiger partial charge < -0.3 is 19.7 Å². The monoisotopic (exact) mass is 513 g/mol. The van der Waals surface area contributed by atoms with Crippen molar-refractivity contribution in [3.05, 3.63) is 48.3 Å². The fraction of sp³-hybridized carbons (Fsp3) is 0.524. The lowest BCUT2D eigenvalue weighted by atomic mass is 10.1. The lowest BCUT2D eigenvalue weighted by molar-refractivity contribution is 0.00989. The summed E-state index contributed by atoms with van der Waals surface area (Å²) in [5.74, 6) is 0.953. The lowest BCUT2D eigenvalue weighted by Crippen LogP contribution is -2.46. The predicted octanol–water partition coefficient (Wildman–Crippen LogP) is 3.08. The molecule has 0 amide bonds. The molecule has 0 unspecified atom stereocenters. The van der Waals surface area contributed by atoms with Gasteiger partial charge in [0.1, 0.15) is 0 Å². The quantitative estimate of drug-likeness (QED) is 0.255. The highest BCUT2D eigenvalue weighted by Gasteiger charge is 2.21. The molecule has 0 bridgehead atoms. The summed E-state index contributed by atoms with van der Waals surface area (Å²) in [6.45, 7) is 4.22. The van der Waals surface area contributed by atoms with Gasteiger partial charge in [0, 0.05) is 59.4 Å². The Morgan fingerprint density at radius 3 is 2.59 bits per heavy atom. The minimum absolute atomic E-state index is 0. The Balaban J connectivity index is 0.00000300. The van der Waals surface area contributed by atoms with Crippen LogP contribution < -0.4 is 5.32 Å². The highest BCUT2D eigenvalue weighted by atomic mass is 127. The Labute approximate surface area is 190 Å². The number of hydrogen-bond acceptors (Lipinski definition) is 4. The fourth-order valence-corrected chi connectivity index (χ4v) is 3.39. The van der Waals surface area contributed by atoms with Crippen LogP contribution >= 0.6 is 24.0 Å². The Bertz CT molecular complexity index is 713. The summed E-state index contributed by atoms with van der Waals surface area (Å²) >= 11 is 0.